The first-order valence-corrected chi connectivity index (χ1v) is 11.7. The van der Waals surface area contributed by atoms with Gasteiger partial charge in [0.15, 0.2) is 0 Å². The molecule has 0 nitrogen and oxygen atoms in total. The predicted octanol–water partition coefficient (Wildman–Crippen LogP) is 9.14. The zero-order valence-corrected chi connectivity index (χ0v) is 25.5. The van der Waals surface area contributed by atoms with Crippen LogP contribution >= 0.6 is 0 Å². The topological polar surface area (TPSA) is 0 Å². The molecule has 11 radical (unpaired) electrons. The summed E-state index contributed by atoms with van der Waals surface area (Å²) in [5.41, 5.74) is 1.57. The zero-order valence-electron chi connectivity index (χ0n) is 22.6. The minimum atomic E-state index is 0. The fourth-order valence-corrected chi connectivity index (χ4v) is 4.31. The molecule has 0 heterocycles. The van der Waals surface area contributed by atoms with E-state index in [1.54, 1.807) is 5.57 Å². The maximum absolute atomic E-state index is 4.06. The van der Waals surface area contributed by atoms with E-state index in [9.17, 15) is 0 Å². The SMILES string of the molecule is C[C]1[C](C)[C](C)[C](C)[C]1C.C[C]1[C](C)[C](C)[C](C)[C]1C.[CH2-]C(C)C1CC=C(C)CC1.[Y]. The van der Waals surface area contributed by atoms with E-state index in [1.807, 2.05) is 0 Å². The summed E-state index contributed by atoms with van der Waals surface area (Å²) >= 11 is 0. The molecular weight excluding hydrogens is 449 g/mol. The van der Waals surface area contributed by atoms with Crippen molar-refractivity contribution in [3.63, 3.8) is 0 Å². The van der Waals surface area contributed by atoms with E-state index in [-0.39, 0.29) is 32.7 Å². The molecule has 3 aliphatic rings. The minimum Gasteiger partial charge on any atom is -0.340 e. The number of hydrogen-bond acceptors (Lipinski definition) is 0. The fourth-order valence-electron chi connectivity index (χ4n) is 4.31. The molecule has 1 heteroatoms. The van der Waals surface area contributed by atoms with Crippen molar-refractivity contribution in [2.45, 2.75) is 102 Å². The summed E-state index contributed by atoms with van der Waals surface area (Å²) in [4.78, 5) is 0. The van der Waals surface area contributed by atoms with Gasteiger partial charge < -0.3 is 6.92 Å². The largest absolute Gasteiger partial charge is 0.340 e. The molecule has 0 aromatic heterocycles. The van der Waals surface area contributed by atoms with Gasteiger partial charge >= 0.3 is 0 Å². The Kier molecular flexibility index (Phi) is 14.7. The zero-order chi connectivity index (χ0) is 23.3. The molecule has 0 saturated heterocycles. The van der Waals surface area contributed by atoms with Crippen molar-refractivity contribution in [1.29, 1.82) is 0 Å². The first-order chi connectivity index (χ1) is 13.8. The summed E-state index contributed by atoms with van der Waals surface area (Å²) in [5.74, 6) is 16.2. The van der Waals surface area contributed by atoms with Crippen LogP contribution in [-0.4, -0.2) is 0 Å². The third kappa shape index (κ3) is 8.53. The van der Waals surface area contributed by atoms with E-state index in [0.29, 0.717) is 5.92 Å². The van der Waals surface area contributed by atoms with Gasteiger partial charge in [-0.1, -0.05) is 93.7 Å². The summed E-state index contributed by atoms with van der Waals surface area (Å²) < 4.78 is 0. The van der Waals surface area contributed by atoms with Crippen molar-refractivity contribution in [3.8, 4) is 0 Å². The molecule has 0 spiro atoms. The normalized spacial score (nSPS) is 27.9. The summed E-state index contributed by atoms with van der Waals surface area (Å²) in [6.07, 6.45) is 6.28. The van der Waals surface area contributed by atoms with Crippen LogP contribution in [0.15, 0.2) is 11.6 Å². The molecular formula is C30H47Y-. The van der Waals surface area contributed by atoms with Crippen LogP contribution in [0.25, 0.3) is 0 Å². The van der Waals surface area contributed by atoms with E-state index in [4.69, 9.17) is 0 Å². The van der Waals surface area contributed by atoms with Crippen LogP contribution in [0.4, 0.5) is 0 Å². The molecule has 171 valence electrons. The second-order valence-electron chi connectivity index (χ2n) is 9.81. The van der Waals surface area contributed by atoms with Crippen molar-refractivity contribution in [3.05, 3.63) is 77.8 Å². The molecule has 0 aliphatic heterocycles. The second kappa shape index (κ2) is 14.3. The van der Waals surface area contributed by atoms with E-state index in [1.165, 1.54) is 78.4 Å². The molecule has 0 aromatic carbocycles. The standard InChI is InChI=1S/C10H17.2C10H15.Y/c1-8(2)10-6-4-9(3)5-7-10;2*1-6-7(2)9(4)10(5)8(6)3;/h4,8,10H,1,5-7H2,2-3H3;2*1-5H3;/q-1;;;. The average molecular weight is 497 g/mol. The van der Waals surface area contributed by atoms with Crippen LogP contribution in [0.2, 0.25) is 0 Å². The summed E-state index contributed by atoms with van der Waals surface area (Å²) in [6, 6.07) is 0. The number of allylic oxidation sites excluding steroid dienone is 2. The van der Waals surface area contributed by atoms with Crippen LogP contribution < -0.4 is 0 Å². The van der Waals surface area contributed by atoms with Crippen molar-refractivity contribution in [2.75, 3.05) is 0 Å². The Morgan fingerprint density at radius 3 is 1.03 bits per heavy atom. The van der Waals surface area contributed by atoms with Crippen LogP contribution in [0.5, 0.6) is 0 Å². The van der Waals surface area contributed by atoms with Crippen molar-refractivity contribution in [1.82, 2.24) is 0 Å². The fraction of sp³-hybridized carbons (Fsp3) is 0.567. The van der Waals surface area contributed by atoms with E-state index in [2.05, 4.69) is 96.1 Å². The molecule has 3 aliphatic carbocycles. The molecule has 0 N–H and O–H groups in total. The van der Waals surface area contributed by atoms with Gasteiger partial charge in [-0.05, 0) is 85.4 Å². The maximum Gasteiger partial charge on any atom is 0 e. The summed E-state index contributed by atoms with van der Waals surface area (Å²) in [5, 5.41) is 0. The molecule has 0 amide bonds. The second-order valence-corrected chi connectivity index (χ2v) is 9.81. The molecule has 31 heavy (non-hydrogen) atoms. The third-order valence-electron chi connectivity index (χ3n) is 8.11. The first-order valence-electron chi connectivity index (χ1n) is 11.7. The quantitative estimate of drug-likeness (QED) is 0.251. The molecule has 2 atom stereocenters. The summed E-state index contributed by atoms with van der Waals surface area (Å²) in [7, 11) is 0. The van der Waals surface area contributed by atoms with Crippen molar-refractivity contribution in [2.24, 2.45) is 11.8 Å². The van der Waals surface area contributed by atoms with E-state index < -0.39 is 0 Å². The first kappa shape index (κ1) is 31.8. The van der Waals surface area contributed by atoms with Crippen LogP contribution in [-0.2, 0) is 32.7 Å². The Bertz CT molecular complexity index is 401. The van der Waals surface area contributed by atoms with E-state index in [0.717, 1.165) is 5.92 Å². The molecule has 0 bridgehead atoms. The molecule has 2 fully saturated rings. The molecule has 2 unspecified atom stereocenters. The Morgan fingerprint density at radius 1 is 0.613 bits per heavy atom. The van der Waals surface area contributed by atoms with Gasteiger partial charge in [-0.2, -0.15) is 5.92 Å². The van der Waals surface area contributed by atoms with Gasteiger partial charge in [0, 0.05) is 32.7 Å². The van der Waals surface area contributed by atoms with Crippen molar-refractivity contribution >= 4 is 0 Å². The predicted molar refractivity (Wildman–Crippen MR) is 135 cm³/mol. The van der Waals surface area contributed by atoms with Gasteiger partial charge in [-0.3, -0.25) is 0 Å². The minimum absolute atomic E-state index is 0. The van der Waals surface area contributed by atoms with Gasteiger partial charge in [0.25, 0.3) is 0 Å². The van der Waals surface area contributed by atoms with Gasteiger partial charge in [-0.25, -0.2) is 0 Å². The van der Waals surface area contributed by atoms with Crippen LogP contribution in [0.1, 0.15) is 102 Å². The van der Waals surface area contributed by atoms with Gasteiger partial charge in [0.2, 0.25) is 0 Å². The molecule has 2 saturated carbocycles. The maximum atomic E-state index is 4.06. The monoisotopic (exact) mass is 496 g/mol. The van der Waals surface area contributed by atoms with Crippen molar-refractivity contribution < 1.29 is 32.7 Å². The summed E-state index contributed by atoms with van der Waals surface area (Å²) in [6.45, 7) is 30.5. The Hall–Kier alpha value is 0.844. The van der Waals surface area contributed by atoms with Gasteiger partial charge in [0.05, 0.1) is 0 Å². The third-order valence-corrected chi connectivity index (χ3v) is 8.11. The molecule has 3 rings (SSSR count). The smallest absolute Gasteiger partial charge is 0 e. The Morgan fingerprint density at radius 2 is 0.871 bits per heavy atom. The van der Waals surface area contributed by atoms with Crippen LogP contribution in [0.3, 0.4) is 0 Å². The molecule has 0 aromatic rings. The van der Waals surface area contributed by atoms with Gasteiger partial charge in [-0.15, -0.1) is 0 Å². The number of rotatable bonds is 1. The van der Waals surface area contributed by atoms with Gasteiger partial charge in [0.1, 0.15) is 0 Å². The van der Waals surface area contributed by atoms with Crippen LogP contribution in [0, 0.1) is 77.9 Å². The Labute approximate surface area is 223 Å². The van der Waals surface area contributed by atoms with E-state index >= 15 is 0 Å². The average Bonchev–Trinajstić information content (AvgIpc) is 2.99. The Balaban J connectivity index is 0.000000429. The number of hydrogen-bond donors (Lipinski definition) is 0.